The maximum atomic E-state index is 13.0. The Balaban J connectivity index is 1.55. The molecule has 0 unspecified atom stereocenters. The summed E-state index contributed by atoms with van der Waals surface area (Å²) < 4.78 is 17.7. The molecule has 176 valence electrons. The predicted molar refractivity (Wildman–Crippen MR) is 129 cm³/mol. The number of rotatable bonds is 5. The van der Waals surface area contributed by atoms with Crippen molar-refractivity contribution < 1.29 is 23.8 Å². The van der Waals surface area contributed by atoms with Gasteiger partial charge in [0.1, 0.15) is 18.1 Å². The van der Waals surface area contributed by atoms with Crippen molar-refractivity contribution in [3.8, 4) is 11.5 Å². The number of ketones is 2. The third-order valence-corrected chi connectivity index (χ3v) is 7.05. The Bertz CT molecular complexity index is 1180. The lowest BCUT2D eigenvalue weighted by Crippen LogP contribution is -2.30. The van der Waals surface area contributed by atoms with Gasteiger partial charge in [0.05, 0.1) is 12.1 Å². The average molecular weight is 499 g/mol. The van der Waals surface area contributed by atoms with Crippen LogP contribution in [-0.2, 0) is 20.9 Å². The third kappa shape index (κ3) is 4.23. The lowest BCUT2D eigenvalue weighted by molar-refractivity contribution is -0.117. The van der Waals surface area contributed by atoms with Crippen molar-refractivity contribution in [3.05, 3.63) is 80.2 Å². The van der Waals surface area contributed by atoms with Gasteiger partial charge >= 0.3 is 0 Å². The summed E-state index contributed by atoms with van der Waals surface area (Å²) in [6, 6.07) is 10.9. The highest BCUT2D eigenvalue weighted by atomic mass is 35.5. The number of hydrogen-bond donors (Lipinski definition) is 0. The average Bonchev–Trinajstić information content (AvgIpc) is 2.83. The Morgan fingerprint density at radius 2 is 1.53 bits per heavy atom. The van der Waals surface area contributed by atoms with Crippen LogP contribution in [0.2, 0.25) is 10.0 Å². The summed E-state index contributed by atoms with van der Waals surface area (Å²) in [5.41, 5.74) is 2.82. The van der Waals surface area contributed by atoms with E-state index in [0.717, 1.165) is 24.0 Å². The van der Waals surface area contributed by atoms with E-state index in [-0.39, 0.29) is 18.2 Å². The molecular weight excluding hydrogens is 475 g/mol. The van der Waals surface area contributed by atoms with Gasteiger partial charge in [-0.2, -0.15) is 0 Å². The Kier molecular flexibility index (Phi) is 6.41. The second-order valence-electron chi connectivity index (χ2n) is 8.71. The van der Waals surface area contributed by atoms with Gasteiger partial charge in [0.2, 0.25) is 0 Å². The van der Waals surface area contributed by atoms with Gasteiger partial charge in [-0.25, -0.2) is 0 Å². The minimum Gasteiger partial charge on any atom is -0.493 e. The van der Waals surface area contributed by atoms with Gasteiger partial charge in [0.15, 0.2) is 23.1 Å². The number of allylic oxidation sites excluding steroid dienone is 4. The standard InChI is InChI=1S/C27H24Cl2O5/c1-32-23-13-16(12-18(29)27(23)33-14-15-8-10-17(28)11-9-15)24-25-19(30)4-2-6-21(25)34-22-7-3-5-20(31)26(22)24/h8-13,24H,2-7,14H2,1H3. The SMILES string of the molecule is COc1cc(C2C3=C(CCCC3=O)OC3=C2C(=O)CCC3)cc(Cl)c1OCc1ccc(Cl)cc1. The normalized spacial score (nSPS) is 18.4. The molecule has 7 heteroatoms. The van der Waals surface area contributed by atoms with E-state index in [0.29, 0.717) is 69.9 Å². The zero-order valence-corrected chi connectivity index (χ0v) is 20.3. The number of ether oxygens (including phenoxy) is 3. The monoisotopic (exact) mass is 498 g/mol. The molecular formula is C27H24Cl2O5. The summed E-state index contributed by atoms with van der Waals surface area (Å²) in [6.45, 7) is 0.283. The van der Waals surface area contributed by atoms with Crippen LogP contribution < -0.4 is 9.47 Å². The molecule has 2 aromatic carbocycles. The molecule has 34 heavy (non-hydrogen) atoms. The third-order valence-electron chi connectivity index (χ3n) is 6.52. The van der Waals surface area contributed by atoms with E-state index >= 15 is 0 Å². The van der Waals surface area contributed by atoms with Crippen molar-refractivity contribution in [1.82, 2.24) is 0 Å². The van der Waals surface area contributed by atoms with Crippen molar-refractivity contribution in [2.24, 2.45) is 0 Å². The molecule has 0 saturated heterocycles. The number of benzene rings is 2. The Morgan fingerprint density at radius 1 is 0.912 bits per heavy atom. The number of halogens is 2. The molecule has 0 radical (unpaired) electrons. The van der Waals surface area contributed by atoms with Gasteiger partial charge in [0, 0.05) is 47.8 Å². The molecule has 0 fully saturated rings. The number of Topliss-reactive ketones (excluding diaryl/α,β-unsaturated/α-hetero) is 2. The van der Waals surface area contributed by atoms with E-state index < -0.39 is 5.92 Å². The van der Waals surface area contributed by atoms with Crippen LogP contribution in [0.25, 0.3) is 0 Å². The number of methoxy groups -OCH3 is 1. The lowest BCUT2D eigenvalue weighted by Gasteiger charge is -2.36. The molecule has 1 aliphatic heterocycles. The lowest BCUT2D eigenvalue weighted by atomic mass is 9.73. The summed E-state index contributed by atoms with van der Waals surface area (Å²) in [5, 5.41) is 1.00. The quantitative estimate of drug-likeness (QED) is 0.458. The van der Waals surface area contributed by atoms with E-state index in [9.17, 15) is 9.59 Å². The Labute approximate surface area is 208 Å². The molecule has 0 atom stereocenters. The van der Waals surface area contributed by atoms with Crippen LogP contribution in [0.4, 0.5) is 0 Å². The molecule has 2 aliphatic carbocycles. The molecule has 0 bridgehead atoms. The van der Waals surface area contributed by atoms with Crippen molar-refractivity contribution in [1.29, 1.82) is 0 Å². The Hall–Kier alpha value is -2.76. The second-order valence-corrected chi connectivity index (χ2v) is 9.56. The van der Waals surface area contributed by atoms with Crippen LogP contribution in [-0.4, -0.2) is 18.7 Å². The molecule has 0 N–H and O–H groups in total. The van der Waals surface area contributed by atoms with Crippen LogP contribution in [0.3, 0.4) is 0 Å². The summed E-state index contributed by atoms with van der Waals surface area (Å²) in [6.07, 6.45) is 3.78. The van der Waals surface area contributed by atoms with Crippen molar-refractivity contribution >= 4 is 34.8 Å². The van der Waals surface area contributed by atoms with Crippen molar-refractivity contribution in [2.75, 3.05) is 7.11 Å². The van der Waals surface area contributed by atoms with Gasteiger partial charge < -0.3 is 14.2 Å². The molecule has 5 rings (SSSR count). The van der Waals surface area contributed by atoms with E-state index in [1.807, 2.05) is 18.2 Å². The van der Waals surface area contributed by atoms with Crippen LogP contribution in [0, 0.1) is 0 Å². The minimum absolute atomic E-state index is 0.0225. The molecule has 3 aliphatic rings. The van der Waals surface area contributed by atoms with E-state index in [1.54, 1.807) is 25.3 Å². The van der Waals surface area contributed by atoms with Crippen LogP contribution in [0.5, 0.6) is 11.5 Å². The zero-order valence-electron chi connectivity index (χ0n) is 18.8. The fraction of sp³-hybridized carbons (Fsp3) is 0.333. The van der Waals surface area contributed by atoms with E-state index in [2.05, 4.69) is 0 Å². The fourth-order valence-electron chi connectivity index (χ4n) is 4.93. The topological polar surface area (TPSA) is 61.8 Å². The minimum atomic E-state index is -0.504. The first-order valence-corrected chi connectivity index (χ1v) is 12.2. The number of carbonyl (C=O) groups excluding carboxylic acids is 2. The van der Waals surface area contributed by atoms with Gasteiger partial charge in [-0.1, -0.05) is 35.3 Å². The van der Waals surface area contributed by atoms with E-state index in [4.69, 9.17) is 37.4 Å². The first kappa shape index (κ1) is 23.0. The highest BCUT2D eigenvalue weighted by Crippen LogP contribution is 2.50. The van der Waals surface area contributed by atoms with Gasteiger partial charge in [-0.05, 0) is 48.2 Å². The molecule has 1 heterocycles. The predicted octanol–water partition coefficient (Wildman–Crippen LogP) is 6.71. The first-order chi connectivity index (χ1) is 16.5. The van der Waals surface area contributed by atoms with Crippen LogP contribution in [0.15, 0.2) is 59.1 Å². The zero-order chi connectivity index (χ0) is 23.8. The summed E-state index contributed by atoms with van der Waals surface area (Å²) in [7, 11) is 1.54. The molecule has 0 aromatic heterocycles. The molecule has 0 amide bonds. The van der Waals surface area contributed by atoms with Crippen LogP contribution >= 0.6 is 23.2 Å². The highest BCUT2D eigenvalue weighted by Gasteiger charge is 2.42. The highest BCUT2D eigenvalue weighted by molar-refractivity contribution is 6.32. The van der Waals surface area contributed by atoms with Gasteiger partial charge in [-0.3, -0.25) is 9.59 Å². The maximum Gasteiger partial charge on any atom is 0.180 e. The molecule has 0 saturated carbocycles. The van der Waals surface area contributed by atoms with Crippen LogP contribution in [0.1, 0.15) is 55.6 Å². The maximum absolute atomic E-state index is 13.0. The summed E-state index contributed by atoms with van der Waals surface area (Å²) >= 11 is 12.7. The first-order valence-electron chi connectivity index (χ1n) is 11.4. The summed E-state index contributed by atoms with van der Waals surface area (Å²) in [5.74, 6) is 1.77. The molecule has 5 nitrogen and oxygen atoms in total. The van der Waals surface area contributed by atoms with E-state index in [1.165, 1.54) is 0 Å². The number of hydrogen-bond acceptors (Lipinski definition) is 5. The Morgan fingerprint density at radius 3 is 2.12 bits per heavy atom. The van der Waals surface area contributed by atoms with Crippen molar-refractivity contribution in [3.63, 3.8) is 0 Å². The fourth-order valence-corrected chi connectivity index (χ4v) is 5.33. The molecule has 2 aromatic rings. The van der Waals surface area contributed by atoms with Gasteiger partial charge in [0.25, 0.3) is 0 Å². The summed E-state index contributed by atoms with van der Waals surface area (Å²) in [4.78, 5) is 26.0. The smallest absolute Gasteiger partial charge is 0.180 e. The van der Waals surface area contributed by atoms with Crippen molar-refractivity contribution in [2.45, 2.75) is 51.0 Å². The van der Waals surface area contributed by atoms with Gasteiger partial charge in [-0.15, -0.1) is 0 Å². The second kappa shape index (κ2) is 9.47. The molecule has 0 spiro atoms. The number of carbonyl (C=O) groups is 2. The largest absolute Gasteiger partial charge is 0.493 e.